The number of aromatic nitrogens is 2. The number of ether oxygens (including phenoxy) is 2. The number of fused-ring (bicyclic) bond motifs is 2. The summed E-state index contributed by atoms with van der Waals surface area (Å²) >= 11 is 3.45. The summed E-state index contributed by atoms with van der Waals surface area (Å²) in [5.74, 6) is 1.62. The average Bonchev–Trinajstić information content (AvgIpc) is 3.02. The number of benzene rings is 2. The van der Waals surface area contributed by atoms with Gasteiger partial charge >= 0.3 is 0 Å². The lowest BCUT2D eigenvalue weighted by atomic mass is 10.2. The van der Waals surface area contributed by atoms with Crippen LogP contribution >= 0.6 is 15.9 Å². The standard InChI is InChI=1S/C16H11BrN4O3/c17-11-6-14-13(23-8-24-14)5-9(11)7-18-21-16-19-12-4-2-1-3-10(12)15(22)20-16/h1-7H,8H2,(H2,19,20,21,22)/b18-7-. The Bertz CT molecular complexity index is 1020. The molecule has 0 unspecified atom stereocenters. The summed E-state index contributed by atoms with van der Waals surface area (Å²) in [4.78, 5) is 18.9. The normalized spacial score (nSPS) is 12.9. The van der Waals surface area contributed by atoms with Crippen molar-refractivity contribution in [1.29, 1.82) is 0 Å². The largest absolute Gasteiger partial charge is 0.454 e. The number of anilines is 1. The highest BCUT2D eigenvalue weighted by Crippen LogP contribution is 2.36. The van der Waals surface area contributed by atoms with E-state index in [2.05, 4.69) is 36.4 Å². The molecule has 2 N–H and O–H groups in total. The first-order chi connectivity index (χ1) is 11.7. The van der Waals surface area contributed by atoms with Gasteiger partial charge in [-0.3, -0.25) is 9.78 Å². The van der Waals surface area contributed by atoms with Gasteiger partial charge in [-0.05, 0) is 40.2 Å². The SMILES string of the molecule is O=c1[nH]c(N/N=C\c2cc3c(cc2Br)OCO3)nc2ccccc12. The molecule has 0 bridgehead atoms. The molecule has 120 valence electrons. The fourth-order valence-corrected chi connectivity index (χ4v) is 2.76. The first-order valence-corrected chi connectivity index (χ1v) is 7.87. The molecule has 4 rings (SSSR count). The van der Waals surface area contributed by atoms with Gasteiger partial charge in [0, 0.05) is 10.0 Å². The van der Waals surface area contributed by atoms with Crippen LogP contribution in [0.15, 0.2) is 50.8 Å². The number of aromatic amines is 1. The van der Waals surface area contributed by atoms with Crippen LogP contribution in [0.5, 0.6) is 11.5 Å². The lowest BCUT2D eigenvalue weighted by Crippen LogP contribution is -2.10. The third kappa shape index (κ3) is 2.71. The minimum atomic E-state index is -0.220. The van der Waals surface area contributed by atoms with E-state index in [1.165, 1.54) is 0 Å². The van der Waals surface area contributed by atoms with Crippen LogP contribution in [0.1, 0.15) is 5.56 Å². The first kappa shape index (κ1) is 14.7. The Balaban J connectivity index is 1.59. The zero-order valence-electron chi connectivity index (χ0n) is 12.2. The van der Waals surface area contributed by atoms with Crippen LogP contribution in [0.25, 0.3) is 10.9 Å². The minimum Gasteiger partial charge on any atom is -0.454 e. The molecule has 8 heteroatoms. The molecule has 24 heavy (non-hydrogen) atoms. The van der Waals surface area contributed by atoms with Crippen molar-refractivity contribution in [2.24, 2.45) is 5.10 Å². The predicted molar refractivity (Wildman–Crippen MR) is 93.8 cm³/mol. The number of hydrazone groups is 1. The van der Waals surface area contributed by atoms with Crippen LogP contribution in [0.3, 0.4) is 0 Å². The molecule has 0 saturated heterocycles. The summed E-state index contributed by atoms with van der Waals surface area (Å²) < 4.78 is 11.5. The highest BCUT2D eigenvalue weighted by Gasteiger charge is 2.15. The van der Waals surface area contributed by atoms with Crippen molar-refractivity contribution in [3.05, 3.63) is 56.8 Å². The molecule has 0 aliphatic carbocycles. The second-order valence-electron chi connectivity index (χ2n) is 5.03. The molecule has 1 aromatic heterocycles. The number of rotatable bonds is 3. The number of hydrogen-bond donors (Lipinski definition) is 2. The minimum absolute atomic E-state index is 0.211. The van der Waals surface area contributed by atoms with Crippen molar-refractivity contribution in [1.82, 2.24) is 9.97 Å². The van der Waals surface area contributed by atoms with E-state index >= 15 is 0 Å². The van der Waals surface area contributed by atoms with Crippen LogP contribution < -0.4 is 20.5 Å². The van der Waals surface area contributed by atoms with Crippen molar-refractivity contribution in [3.8, 4) is 11.5 Å². The molecular weight excluding hydrogens is 376 g/mol. The number of nitrogens with one attached hydrogen (secondary N) is 2. The van der Waals surface area contributed by atoms with Crippen LogP contribution in [0.4, 0.5) is 5.95 Å². The van der Waals surface area contributed by atoms with Crippen molar-refractivity contribution >= 4 is 39.0 Å². The fraction of sp³-hybridized carbons (Fsp3) is 0.0625. The topological polar surface area (TPSA) is 88.6 Å². The second-order valence-corrected chi connectivity index (χ2v) is 5.88. The number of H-pyrrole nitrogens is 1. The van der Waals surface area contributed by atoms with E-state index in [0.29, 0.717) is 22.4 Å². The molecular formula is C16H11BrN4O3. The molecule has 0 fully saturated rings. The molecule has 0 amide bonds. The van der Waals surface area contributed by atoms with Gasteiger partial charge in [-0.1, -0.05) is 12.1 Å². The van der Waals surface area contributed by atoms with E-state index in [1.54, 1.807) is 24.4 Å². The summed E-state index contributed by atoms with van der Waals surface area (Å²) in [7, 11) is 0. The van der Waals surface area contributed by atoms with E-state index in [1.807, 2.05) is 18.2 Å². The molecule has 1 aliphatic heterocycles. The summed E-state index contributed by atoms with van der Waals surface area (Å²) in [6, 6.07) is 10.7. The molecule has 1 aliphatic rings. The molecule has 0 atom stereocenters. The van der Waals surface area contributed by atoms with Crippen molar-refractivity contribution < 1.29 is 9.47 Å². The number of halogens is 1. The van der Waals surface area contributed by atoms with Crippen LogP contribution in [-0.4, -0.2) is 23.0 Å². The van der Waals surface area contributed by atoms with Gasteiger partial charge in [-0.15, -0.1) is 0 Å². The molecule has 7 nitrogen and oxygen atoms in total. The number of nitrogens with zero attached hydrogens (tertiary/aromatic N) is 2. The zero-order chi connectivity index (χ0) is 16.5. The quantitative estimate of drug-likeness (QED) is 0.533. The molecule has 2 heterocycles. The zero-order valence-corrected chi connectivity index (χ0v) is 13.8. The van der Waals surface area contributed by atoms with Gasteiger partial charge in [-0.25, -0.2) is 10.4 Å². The highest BCUT2D eigenvalue weighted by atomic mass is 79.9. The third-order valence-corrected chi connectivity index (χ3v) is 4.17. The molecule has 0 saturated carbocycles. The van der Waals surface area contributed by atoms with Gasteiger partial charge in [0.1, 0.15) is 0 Å². The maximum absolute atomic E-state index is 12.0. The van der Waals surface area contributed by atoms with Crippen molar-refractivity contribution in [2.45, 2.75) is 0 Å². The summed E-state index contributed by atoms with van der Waals surface area (Å²) in [6.45, 7) is 0.211. The maximum Gasteiger partial charge on any atom is 0.260 e. The van der Waals surface area contributed by atoms with Crippen LogP contribution in [-0.2, 0) is 0 Å². The molecule has 0 spiro atoms. The van der Waals surface area contributed by atoms with Gasteiger partial charge in [0.05, 0.1) is 17.1 Å². The molecule has 0 radical (unpaired) electrons. The average molecular weight is 387 g/mol. The van der Waals surface area contributed by atoms with Gasteiger partial charge in [0.15, 0.2) is 11.5 Å². The Hall–Kier alpha value is -2.87. The Morgan fingerprint density at radius 2 is 2.04 bits per heavy atom. The van der Waals surface area contributed by atoms with Crippen molar-refractivity contribution in [3.63, 3.8) is 0 Å². The van der Waals surface area contributed by atoms with E-state index in [9.17, 15) is 4.79 Å². The summed E-state index contributed by atoms with van der Waals surface area (Å²) in [5.41, 5.74) is 3.91. The van der Waals surface area contributed by atoms with Gasteiger partial charge in [0.25, 0.3) is 5.56 Å². The predicted octanol–water partition coefficient (Wildman–Crippen LogP) is 2.86. The lowest BCUT2D eigenvalue weighted by molar-refractivity contribution is 0.174. The Labute approximate surface area is 144 Å². The smallest absolute Gasteiger partial charge is 0.260 e. The monoisotopic (exact) mass is 386 g/mol. The molecule has 2 aromatic carbocycles. The fourth-order valence-electron chi connectivity index (χ4n) is 2.33. The Morgan fingerprint density at radius 1 is 1.25 bits per heavy atom. The van der Waals surface area contributed by atoms with Gasteiger partial charge < -0.3 is 9.47 Å². The molecule has 3 aromatic rings. The number of hydrogen-bond acceptors (Lipinski definition) is 6. The lowest BCUT2D eigenvalue weighted by Gasteiger charge is -2.03. The van der Waals surface area contributed by atoms with Crippen LogP contribution in [0.2, 0.25) is 0 Å². The van der Waals surface area contributed by atoms with E-state index in [-0.39, 0.29) is 18.3 Å². The maximum atomic E-state index is 12.0. The van der Waals surface area contributed by atoms with Gasteiger partial charge in [-0.2, -0.15) is 5.10 Å². The van der Waals surface area contributed by atoms with Crippen LogP contribution in [0, 0.1) is 0 Å². The van der Waals surface area contributed by atoms with Gasteiger partial charge in [0.2, 0.25) is 12.7 Å². The summed E-state index contributed by atoms with van der Waals surface area (Å²) in [6.07, 6.45) is 1.60. The van der Waals surface area contributed by atoms with Crippen molar-refractivity contribution in [2.75, 3.05) is 12.2 Å². The van der Waals surface area contributed by atoms with E-state index in [4.69, 9.17) is 9.47 Å². The highest BCUT2D eigenvalue weighted by molar-refractivity contribution is 9.10. The second kappa shape index (κ2) is 5.97. The number of para-hydroxylation sites is 1. The summed E-state index contributed by atoms with van der Waals surface area (Å²) in [5, 5.41) is 4.64. The Kier molecular flexibility index (Phi) is 3.66. The van der Waals surface area contributed by atoms with E-state index in [0.717, 1.165) is 10.0 Å². The van der Waals surface area contributed by atoms with E-state index < -0.39 is 0 Å². The first-order valence-electron chi connectivity index (χ1n) is 7.08. The Morgan fingerprint density at radius 3 is 2.92 bits per heavy atom. The third-order valence-electron chi connectivity index (χ3n) is 3.48.